The number of benzene rings is 1. The fourth-order valence-corrected chi connectivity index (χ4v) is 3.01. The van der Waals surface area contributed by atoms with Gasteiger partial charge in [-0.25, -0.2) is 14.0 Å². The van der Waals surface area contributed by atoms with Crippen LogP contribution >= 0.6 is 0 Å². The van der Waals surface area contributed by atoms with Gasteiger partial charge in [0.15, 0.2) is 0 Å². The molecule has 0 atom stereocenters. The summed E-state index contributed by atoms with van der Waals surface area (Å²) in [6.07, 6.45) is 2.52. The second-order valence-corrected chi connectivity index (χ2v) is 6.34. The summed E-state index contributed by atoms with van der Waals surface area (Å²) in [6.45, 7) is 5.40. The van der Waals surface area contributed by atoms with Gasteiger partial charge in [0.1, 0.15) is 6.33 Å². The van der Waals surface area contributed by atoms with Crippen LogP contribution in [-0.2, 0) is 22.5 Å². The standard InChI is InChI=1S/C18H25N5O3/c1-26-17(24)7-4-15-2-5-16(6-3-15)22-14-20-23(18(22)25)13-12-21-10-8-19-9-11-21/h2-3,5-6,14,19H,4,7-13H2,1H3. The van der Waals surface area contributed by atoms with Crippen molar-refractivity contribution in [3.05, 3.63) is 46.6 Å². The van der Waals surface area contributed by atoms with E-state index in [1.54, 1.807) is 10.9 Å². The molecule has 0 unspecified atom stereocenters. The van der Waals surface area contributed by atoms with Crippen LogP contribution in [0.5, 0.6) is 0 Å². The van der Waals surface area contributed by atoms with Crippen molar-refractivity contribution in [1.82, 2.24) is 24.6 Å². The predicted molar refractivity (Wildman–Crippen MR) is 97.5 cm³/mol. The average Bonchev–Trinajstić information content (AvgIpc) is 3.06. The SMILES string of the molecule is COC(=O)CCc1ccc(-n2cnn(CCN3CCNCC3)c2=O)cc1. The fourth-order valence-electron chi connectivity index (χ4n) is 3.01. The van der Waals surface area contributed by atoms with Gasteiger partial charge in [0, 0.05) is 39.1 Å². The average molecular weight is 359 g/mol. The van der Waals surface area contributed by atoms with Gasteiger partial charge in [-0.1, -0.05) is 12.1 Å². The molecule has 1 N–H and O–H groups in total. The number of hydrogen-bond donors (Lipinski definition) is 1. The van der Waals surface area contributed by atoms with Crippen molar-refractivity contribution < 1.29 is 9.53 Å². The molecule has 0 bridgehead atoms. The van der Waals surface area contributed by atoms with Gasteiger partial charge in [0.05, 0.1) is 19.3 Å². The lowest BCUT2D eigenvalue weighted by Crippen LogP contribution is -2.45. The van der Waals surface area contributed by atoms with E-state index in [4.69, 9.17) is 0 Å². The van der Waals surface area contributed by atoms with Crippen molar-refractivity contribution in [3.63, 3.8) is 0 Å². The summed E-state index contributed by atoms with van der Waals surface area (Å²) in [4.78, 5) is 26.1. The first-order valence-corrected chi connectivity index (χ1v) is 8.91. The number of esters is 1. The van der Waals surface area contributed by atoms with E-state index in [1.807, 2.05) is 24.3 Å². The first kappa shape index (κ1) is 18.3. The minimum atomic E-state index is -0.226. The summed E-state index contributed by atoms with van der Waals surface area (Å²) in [7, 11) is 1.39. The molecule has 1 aromatic carbocycles. The van der Waals surface area contributed by atoms with Crippen molar-refractivity contribution in [2.45, 2.75) is 19.4 Å². The zero-order chi connectivity index (χ0) is 18.4. The summed E-state index contributed by atoms with van der Waals surface area (Å²) in [5, 5.41) is 7.55. The van der Waals surface area contributed by atoms with Gasteiger partial charge < -0.3 is 10.1 Å². The lowest BCUT2D eigenvalue weighted by molar-refractivity contribution is -0.140. The third-order valence-electron chi connectivity index (χ3n) is 4.63. The molecule has 140 valence electrons. The van der Waals surface area contributed by atoms with E-state index in [2.05, 4.69) is 20.1 Å². The van der Waals surface area contributed by atoms with Crippen LogP contribution < -0.4 is 11.0 Å². The number of hydrogen-bond acceptors (Lipinski definition) is 6. The van der Waals surface area contributed by atoms with Crippen LogP contribution in [0.15, 0.2) is 35.4 Å². The Balaban J connectivity index is 1.61. The van der Waals surface area contributed by atoms with E-state index < -0.39 is 0 Å². The highest BCUT2D eigenvalue weighted by molar-refractivity contribution is 5.69. The van der Waals surface area contributed by atoms with Crippen LogP contribution in [0.1, 0.15) is 12.0 Å². The summed E-state index contributed by atoms with van der Waals surface area (Å²) < 4.78 is 7.70. The van der Waals surface area contributed by atoms with Crippen LogP contribution in [0.3, 0.4) is 0 Å². The molecule has 1 aliphatic heterocycles. The van der Waals surface area contributed by atoms with Gasteiger partial charge in [0.25, 0.3) is 0 Å². The number of ether oxygens (including phenoxy) is 1. The van der Waals surface area contributed by atoms with Crippen LogP contribution in [0, 0.1) is 0 Å². The summed E-state index contributed by atoms with van der Waals surface area (Å²) in [6, 6.07) is 7.58. The van der Waals surface area contributed by atoms with Crippen LogP contribution in [0.2, 0.25) is 0 Å². The molecule has 2 heterocycles. The van der Waals surface area contributed by atoms with E-state index in [1.165, 1.54) is 11.8 Å². The van der Waals surface area contributed by atoms with Crippen molar-refractivity contribution in [1.29, 1.82) is 0 Å². The Labute approximate surface area is 152 Å². The first-order valence-electron chi connectivity index (χ1n) is 8.91. The fraction of sp³-hybridized carbons (Fsp3) is 0.500. The van der Waals surface area contributed by atoms with Gasteiger partial charge in [-0.05, 0) is 24.1 Å². The number of nitrogens with one attached hydrogen (secondary N) is 1. The molecule has 3 rings (SSSR count). The van der Waals surface area contributed by atoms with Crippen molar-refractivity contribution in [2.24, 2.45) is 0 Å². The molecular formula is C18H25N5O3. The highest BCUT2D eigenvalue weighted by atomic mass is 16.5. The number of aromatic nitrogens is 3. The molecule has 1 fully saturated rings. The molecule has 1 saturated heterocycles. The zero-order valence-electron chi connectivity index (χ0n) is 15.1. The Hall–Kier alpha value is -2.45. The monoisotopic (exact) mass is 359 g/mol. The zero-order valence-corrected chi connectivity index (χ0v) is 15.1. The third kappa shape index (κ3) is 4.59. The van der Waals surface area contributed by atoms with Crippen LogP contribution in [-0.4, -0.2) is 65.1 Å². The number of aryl methyl sites for hydroxylation is 1. The Morgan fingerprint density at radius 2 is 1.92 bits per heavy atom. The highest BCUT2D eigenvalue weighted by Crippen LogP contribution is 2.09. The lowest BCUT2D eigenvalue weighted by atomic mass is 10.1. The maximum absolute atomic E-state index is 12.6. The maximum atomic E-state index is 12.6. The minimum Gasteiger partial charge on any atom is -0.469 e. The number of methoxy groups -OCH3 is 1. The molecule has 26 heavy (non-hydrogen) atoms. The molecule has 0 spiro atoms. The minimum absolute atomic E-state index is 0.137. The van der Waals surface area contributed by atoms with E-state index in [-0.39, 0.29) is 11.7 Å². The van der Waals surface area contributed by atoms with Gasteiger partial charge in [-0.2, -0.15) is 5.10 Å². The maximum Gasteiger partial charge on any atom is 0.350 e. The number of carbonyl (C=O) groups excluding carboxylic acids is 1. The lowest BCUT2D eigenvalue weighted by Gasteiger charge is -2.26. The third-order valence-corrected chi connectivity index (χ3v) is 4.63. The van der Waals surface area contributed by atoms with Gasteiger partial charge in [-0.3, -0.25) is 9.69 Å². The molecule has 0 saturated carbocycles. The number of carbonyl (C=O) groups is 1. The Bertz CT molecular complexity index is 775. The number of nitrogens with zero attached hydrogens (tertiary/aromatic N) is 4. The first-order chi connectivity index (χ1) is 12.7. The Morgan fingerprint density at radius 1 is 1.19 bits per heavy atom. The van der Waals surface area contributed by atoms with E-state index in [9.17, 15) is 9.59 Å². The van der Waals surface area contributed by atoms with Crippen molar-refractivity contribution in [2.75, 3.05) is 39.8 Å². The van der Waals surface area contributed by atoms with Crippen LogP contribution in [0.25, 0.3) is 5.69 Å². The molecule has 0 radical (unpaired) electrons. The molecular weight excluding hydrogens is 334 g/mol. The Morgan fingerprint density at radius 3 is 2.62 bits per heavy atom. The van der Waals surface area contributed by atoms with E-state index in [0.29, 0.717) is 19.4 Å². The quantitative estimate of drug-likeness (QED) is 0.704. The van der Waals surface area contributed by atoms with Gasteiger partial charge >= 0.3 is 11.7 Å². The molecule has 0 aliphatic carbocycles. The second kappa shape index (κ2) is 8.77. The molecule has 1 aromatic heterocycles. The number of piperazine rings is 1. The molecule has 2 aromatic rings. The van der Waals surface area contributed by atoms with Crippen LogP contribution in [0.4, 0.5) is 0 Å². The summed E-state index contributed by atoms with van der Waals surface area (Å²) >= 11 is 0. The number of rotatable bonds is 7. The second-order valence-electron chi connectivity index (χ2n) is 6.34. The molecule has 8 nitrogen and oxygen atoms in total. The van der Waals surface area contributed by atoms with Crippen molar-refractivity contribution in [3.8, 4) is 5.69 Å². The highest BCUT2D eigenvalue weighted by Gasteiger charge is 2.12. The van der Waals surface area contributed by atoms with E-state index in [0.717, 1.165) is 44.0 Å². The normalized spacial score (nSPS) is 15.1. The molecule has 8 heteroatoms. The largest absolute Gasteiger partial charge is 0.469 e. The van der Waals surface area contributed by atoms with Crippen molar-refractivity contribution >= 4 is 5.97 Å². The van der Waals surface area contributed by atoms with E-state index >= 15 is 0 Å². The smallest absolute Gasteiger partial charge is 0.350 e. The Kier molecular flexibility index (Phi) is 6.19. The van der Waals surface area contributed by atoms with Gasteiger partial charge in [0.2, 0.25) is 0 Å². The predicted octanol–water partition coefficient (Wildman–Crippen LogP) is 0.0448. The molecule has 0 amide bonds. The summed E-state index contributed by atoms with van der Waals surface area (Å²) in [5.74, 6) is -0.226. The summed E-state index contributed by atoms with van der Waals surface area (Å²) in [5.41, 5.74) is 1.66. The topological polar surface area (TPSA) is 81.4 Å². The molecule has 1 aliphatic rings. The van der Waals surface area contributed by atoms with Gasteiger partial charge in [-0.15, -0.1) is 0 Å².